The molecule has 488 valence electrons. The number of anilines is 2. The summed E-state index contributed by atoms with van der Waals surface area (Å²) in [5, 5.41) is 87.9. The van der Waals surface area contributed by atoms with E-state index in [1.54, 1.807) is 0 Å². The van der Waals surface area contributed by atoms with E-state index in [0.29, 0.717) is 5.56 Å². The number of nitrogens with two attached hydrogens (primary N) is 1. The zero-order chi connectivity index (χ0) is 69.6. The number of aromatic hydroxyl groups is 2. The monoisotopic (exact) mass is 1290 g/mol. The van der Waals surface area contributed by atoms with E-state index in [4.69, 9.17) is 60.5 Å². The molecule has 0 fully saturated rings. The van der Waals surface area contributed by atoms with Gasteiger partial charge in [0.15, 0.2) is 33.6 Å². The average molecular weight is 1290 g/mol. The minimum absolute atomic E-state index is 0.00449. The fourth-order valence-corrected chi connectivity index (χ4v) is 6.19. The van der Waals surface area contributed by atoms with E-state index < -0.39 is 77.7 Å². The van der Waals surface area contributed by atoms with Crippen molar-refractivity contribution in [2.45, 2.75) is 6.92 Å². The molecule has 0 unspecified atom stereocenters. The maximum Gasteiger partial charge on any atom is 0.338 e. The first-order valence-electron chi connectivity index (χ1n) is 23.3. The van der Waals surface area contributed by atoms with Crippen LogP contribution in [0.1, 0.15) is 58.7 Å². The Morgan fingerprint density at radius 3 is 0.955 bits per heavy atom. The molecule has 38 nitrogen and oxygen atoms in total. The van der Waals surface area contributed by atoms with Crippen LogP contribution in [0.4, 0.5) is 34.1 Å². The minimum atomic E-state index is -1.50. The van der Waals surface area contributed by atoms with Crippen molar-refractivity contribution in [3.8, 4) is 40.2 Å². The summed E-state index contributed by atoms with van der Waals surface area (Å²) in [5.41, 5.74) is 3.84. The fourth-order valence-electron chi connectivity index (χ4n) is 5.93. The quantitative estimate of drug-likeness (QED) is 0.0239. The van der Waals surface area contributed by atoms with E-state index in [9.17, 15) is 74.6 Å². The van der Waals surface area contributed by atoms with Crippen molar-refractivity contribution >= 4 is 81.5 Å². The van der Waals surface area contributed by atoms with Gasteiger partial charge in [-0.1, -0.05) is 11.6 Å². The number of carbonyl (C=O) groups is 6. The number of carbonyl (C=O) groups excluding carboxylic acids is 5. The Morgan fingerprint density at radius 2 is 0.685 bits per heavy atom. The molecule has 89 heavy (non-hydrogen) atoms. The highest BCUT2D eigenvalue weighted by Crippen LogP contribution is 2.39. The lowest BCUT2D eigenvalue weighted by atomic mass is 10.1. The predicted molar refractivity (Wildman–Crippen MR) is 308 cm³/mol. The number of hydrogen-bond acceptors (Lipinski definition) is 31. The van der Waals surface area contributed by atoms with Crippen LogP contribution in [0.25, 0.3) is 0 Å². The van der Waals surface area contributed by atoms with Gasteiger partial charge in [0.1, 0.15) is 17.2 Å². The molecule has 0 saturated carbocycles. The van der Waals surface area contributed by atoms with Gasteiger partial charge in [0.05, 0.1) is 119 Å². The molecule has 5 aromatic carbocycles. The van der Waals surface area contributed by atoms with Crippen molar-refractivity contribution in [2.24, 2.45) is 5.73 Å². The number of phenolic OH excluding ortho intramolecular Hbond substituents is 2. The smallest absolute Gasteiger partial charge is 0.338 e. The molecule has 0 bridgehead atoms. The van der Waals surface area contributed by atoms with E-state index >= 15 is 0 Å². The molecular weight excluding hydrogens is 1230 g/mol. The third-order valence-corrected chi connectivity index (χ3v) is 10.1. The standard InChI is InChI=1S/2C10H12N2O5.C9H8ClNO5.C9H9NO6.C9H10O4.C2H4O2.CH5N.HNO3/c2*1-11-9-7(12(14)15)4-6(10(13)17-3)5-8(9)16-2;1-15-7-4-5(9(12)16-2)3-6(8(7)10)11(13)14;1-15-7-4-5(9(12)16-2)3-6(8(7)11)10(13)14;1-12-8-5-6(9(11)13-2)3-4-7(8)10;1-2(3)4;1-2;2-1(3)4/h2*4-5,11H,1-3H3;3-4H,1-2H3;3-4,11H,1-2H3;3-5,10H,1-2H3;1H3,(H,3,4);2H2,1H3;(H,2,3,4). The topological polar surface area (TPSA) is 541 Å². The van der Waals surface area contributed by atoms with Gasteiger partial charge in [-0.3, -0.25) is 45.3 Å². The molecule has 39 heteroatoms. The number of ether oxygens (including phenoxy) is 10. The summed E-state index contributed by atoms with van der Waals surface area (Å²) in [6.45, 7) is 1.08. The Kier molecular flexibility index (Phi) is 38.5. The SMILES string of the molecule is CC(=O)O.CN.CNc1c(OC)cc(C(=O)OC)cc1[N+](=O)[O-].CNc1c(OC)cc(C(=O)OC)cc1[N+](=O)[O-].COC(=O)c1cc(OC)c(Cl)c([N+](=O)[O-])c1.COC(=O)c1cc(OC)c(O)c([N+](=O)[O-])c1.COC(=O)c1ccc(O)c(OC)c1.O=[N+]([O-])O. The summed E-state index contributed by atoms with van der Waals surface area (Å²) in [6.07, 6.45) is 0. The zero-order valence-electron chi connectivity index (χ0n) is 49.4. The molecule has 5 rings (SSSR count). The van der Waals surface area contributed by atoms with Crippen molar-refractivity contribution in [2.75, 3.05) is 103 Å². The number of carboxylic acid groups (broad SMARTS) is 1. The maximum absolute atomic E-state index is 11.3. The summed E-state index contributed by atoms with van der Waals surface area (Å²) in [5.74, 6) is -4.12. The fraction of sp³-hybridized carbons (Fsp3) is 0.280. The lowest BCUT2D eigenvalue weighted by molar-refractivity contribution is -0.742. The number of esters is 5. The number of benzene rings is 5. The van der Waals surface area contributed by atoms with E-state index in [0.717, 1.165) is 44.4 Å². The number of rotatable bonds is 16. The number of hydrogen-bond donors (Lipinski definition) is 7. The molecular formula is C50H61ClN8O30. The molecule has 0 aliphatic heterocycles. The molecule has 8 N–H and O–H groups in total. The van der Waals surface area contributed by atoms with Crippen molar-refractivity contribution < 1.29 is 121 Å². The highest BCUT2D eigenvalue weighted by atomic mass is 35.5. The van der Waals surface area contributed by atoms with E-state index in [-0.39, 0.29) is 84.5 Å². The van der Waals surface area contributed by atoms with Crippen LogP contribution in [0.5, 0.6) is 40.2 Å². The first-order chi connectivity index (χ1) is 41.8. The predicted octanol–water partition coefficient (Wildman–Crippen LogP) is 6.51. The normalized spacial score (nSPS) is 9.12. The van der Waals surface area contributed by atoms with Gasteiger partial charge < -0.3 is 84.3 Å². The Balaban J connectivity index is -0.00000100. The molecule has 0 saturated heterocycles. The van der Waals surface area contributed by atoms with Crippen LogP contribution in [-0.2, 0) is 28.5 Å². The number of methoxy groups -OCH3 is 10. The first kappa shape index (κ1) is 81.4. The lowest BCUT2D eigenvalue weighted by Gasteiger charge is -2.10. The van der Waals surface area contributed by atoms with Gasteiger partial charge >= 0.3 is 35.5 Å². The van der Waals surface area contributed by atoms with Gasteiger partial charge in [-0.2, -0.15) is 0 Å². The Bertz CT molecular complexity index is 3100. The minimum Gasteiger partial charge on any atom is -0.504 e. The molecule has 5 aromatic rings. The summed E-state index contributed by atoms with van der Waals surface area (Å²) in [7, 11) is 17.2. The highest BCUT2D eigenvalue weighted by Gasteiger charge is 2.26. The number of nitro benzene ring substituents is 4. The molecule has 0 amide bonds. The van der Waals surface area contributed by atoms with Crippen LogP contribution >= 0.6 is 11.6 Å². The van der Waals surface area contributed by atoms with Gasteiger partial charge in [-0.05, 0) is 49.5 Å². The Morgan fingerprint density at radius 1 is 0.438 bits per heavy atom. The molecule has 0 spiro atoms. The number of nitrogens with one attached hydrogen (secondary N) is 2. The second kappa shape index (κ2) is 42.1. The Labute approximate surface area is 507 Å². The van der Waals surface area contributed by atoms with Crippen molar-refractivity contribution in [1.82, 2.24) is 0 Å². The second-order valence-electron chi connectivity index (χ2n) is 14.8. The van der Waals surface area contributed by atoms with Crippen molar-refractivity contribution in [3.63, 3.8) is 0 Å². The second-order valence-corrected chi connectivity index (χ2v) is 15.2. The number of halogens is 1. The molecule has 0 radical (unpaired) electrons. The van der Waals surface area contributed by atoms with Crippen LogP contribution < -0.4 is 40.1 Å². The molecule has 0 heterocycles. The van der Waals surface area contributed by atoms with Gasteiger partial charge in [0.25, 0.3) is 28.1 Å². The number of aliphatic carboxylic acids is 1. The third-order valence-electron chi connectivity index (χ3n) is 9.69. The average Bonchev–Trinajstić information content (AvgIpc) is 1.48. The largest absolute Gasteiger partial charge is 0.504 e. The number of nitrogens with zero attached hydrogens (tertiary/aromatic N) is 5. The molecule has 0 aliphatic rings. The van der Waals surface area contributed by atoms with Crippen LogP contribution in [-0.4, -0.2) is 173 Å². The van der Waals surface area contributed by atoms with Gasteiger partial charge in [-0.25, -0.2) is 24.0 Å². The third kappa shape index (κ3) is 26.7. The number of carboxylic acids is 1. The summed E-state index contributed by atoms with van der Waals surface area (Å²) in [4.78, 5) is 114. The zero-order valence-corrected chi connectivity index (χ0v) is 50.2. The number of nitro groups is 4. The van der Waals surface area contributed by atoms with Crippen LogP contribution in [0, 0.1) is 50.6 Å². The van der Waals surface area contributed by atoms with Gasteiger partial charge in [-0.15, -0.1) is 10.1 Å². The first-order valence-corrected chi connectivity index (χ1v) is 23.7. The lowest BCUT2D eigenvalue weighted by Crippen LogP contribution is -2.06. The highest BCUT2D eigenvalue weighted by molar-refractivity contribution is 6.34. The van der Waals surface area contributed by atoms with Crippen LogP contribution in [0.15, 0.2) is 66.7 Å². The van der Waals surface area contributed by atoms with E-state index in [1.807, 2.05) is 0 Å². The van der Waals surface area contributed by atoms with Crippen molar-refractivity contribution in [3.05, 3.63) is 150 Å². The Hall–Kier alpha value is -11.8. The summed E-state index contributed by atoms with van der Waals surface area (Å²) >= 11 is 5.70. The van der Waals surface area contributed by atoms with Crippen LogP contribution in [0.3, 0.4) is 0 Å². The van der Waals surface area contributed by atoms with E-state index in [2.05, 4.69) is 40.1 Å². The number of phenols is 2. The van der Waals surface area contributed by atoms with E-state index in [1.165, 1.54) is 122 Å². The molecule has 0 aliphatic carbocycles. The molecule has 0 atom stereocenters. The van der Waals surface area contributed by atoms with Gasteiger partial charge in [0.2, 0.25) is 5.75 Å². The van der Waals surface area contributed by atoms with Crippen molar-refractivity contribution in [1.29, 1.82) is 0 Å². The van der Waals surface area contributed by atoms with Gasteiger partial charge in [0, 0.05) is 45.3 Å². The summed E-state index contributed by atoms with van der Waals surface area (Å²) in [6, 6.07) is 13.7. The maximum atomic E-state index is 11.3. The molecule has 0 aromatic heterocycles. The summed E-state index contributed by atoms with van der Waals surface area (Å²) < 4.78 is 46.7. The van der Waals surface area contributed by atoms with Crippen LogP contribution in [0.2, 0.25) is 5.02 Å².